The molecule has 0 saturated carbocycles. The fraction of sp³-hybridized carbons (Fsp3) is 0.333. The second-order valence-electron chi connectivity index (χ2n) is 5.07. The molecule has 0 N–H and O–H groups in total. The number of hydrogen-bond acceptors (Lipinski definition) is 2. The molecule has 2 nitrogen and oxygen atoms in total. The SMILES string of the molecule is CCCCN(Cc1cc(Br)ccc1OC)c1ccccc1. The smallest absolute Gasteiger partial charge is 0.123 e. The second-order valence-corrected chi connectivity index (χ2v) is 5.98. The van der Waals surface area contributed by atoms with Crippen molar-refractivity contribution in [2.75, 3.05) is 18.6 Å². The summed E-state index contributed by atoms with van der Waals surface area (Å²) in [5.41, 5.74) is 2.46. The number of anilines is 1. The lowest BCUT2D eigenvalue weighted by Gasteiger charge is -2.26. The molecule has 0 heterocycles. The Bertz CT molecular complexity index is 556. The van der Waals surface area contributed by atoms with Crippen molar-refractivity contribution >= 4 is 21.6 Å². The summed E-state index contributed by atoms with van der Waals surface area (Å²) in [5.74, 6) is 0.940. The summed E-state index contributed by atoms with van der Waals surface area (Å²) in [6.45, 7) is 4.13. The quantitative estimate of drug-likeness (QED) is 0.676. The highest BCUT2D eigenvalue weighted by Gasteiger charge is 2.11. The van der Waals surface area contributed by atoms with E-state index < -0.39 is 0 Å². The minimum absolute atomic E-state index is 0.854. The first-order chi connectivity index (χ1) is 10.2. The van der Waals surface area contributed by atoms with Gasteiger partial charge in [-0.25, -0.2) is 0 Å². The zero-order valence-corrected chi connectivity index (χ0v) is 14.3. The Morgan fingerprint density at radius 3 is 2.52 bits per heavy atom. The molecule has 2 rings (SSSR count). The molecule has 0 spiro atoms. The number of unbranched alkanes of at least 4 members (excludes halogenated alkanes) is 1. The van der Waals surface area contributed by atoms with Crippen LogP contribution in [0.5, 0.6) is 5.75 Å². The molecule has 2 aromatic rings. The molecule has 0 atom stereocenters. The molecule has 2 aromatic carbocycles. The van der Waals surface area contributed by atoms with Crippen molar-refractivity contribution < 1.29 is 4.74 Å². The van der Waals surface area contributed by atoms with Gasteiger partial charge in [-0.2, -0.15) is 0 Å². The second kappa shape index (κ2) is 8.08. The van der Waals surface area contributed by atoms with Gasteiger partial charge in [0.25, 0.3) is 0 Å². The van der Waals surface area contributed by atoms with Gasteiger partial charge in [0, 0.05) is 28.8 Å². The first-order valence-corrected chi connectivity index (χ1v) is 8.16. The minimum atomic E-state index is 0.854. The lowest BCUT2D eigenvalue weighted by Crippen LogP contribution is -2.24. The van der Waals surface area contributed by atoms with E-state index in [2.05, 4.69) is 64.2 Å². The molecule has 0 aromatic heterocycles. The molecule has 21 heavy (non-hydrogen) atoms. The Balaban J connectivity index is 2.24. The van der Waals surface area contributed by atoms with Gasteiger partial charge in [0.15, 0.2) is 0 Å². The molecule has 0 fully saturated rings. The Morgan fingerprint density at radius 1 is 1.10 bits per heavy atom. The Labute approximate surface area is 135 Å². The summed E-state index contributed by atoms with van der Waals surface area (Å²) in [4.78, 5) is 2.41. The van der Waals surface area contributed by atoms with Crippen molar-refractivity contribution in [3.05, 3.63) is 58.6 Å². The number of methoxy groups -OCH3 is 1. The zero-order chi connectivity index (χ0) is 15.1. The predicted molar refractivity (Wildman–Crippen MR) is 93.1 cm³/mol. The van der Waals surface area contributed by atoms with Crippen molar-refractivity contribution in [1.29, 1.82) is 0 Å². The molecule has 0 bridgehead atoms. The Hall–Kier alpha value is -1.48. The number of para-hydroxylation sites is 1. The van der Waals surface area contributed by atoms with E-state index in [1.807, 2.05) is 12.1 Å². The molecule has 0 unspecified atom stereocenters. The van der Waals surface area contributed by atoms with Gasteiger partial charge in [-0.3, -0.25) is 0 Å². The molecule has 3 heteroatoms. The van der Waals surface area contributed by atoms with E-state index in [9.17, 15) is 0 Å². The number of benzene rings is 2. The van der Waals surface area contributed by atoms with Gasteiger partial charge in [0.2, 0.25) is 0 Å². The molecule has 0 aliphatic carbocycles. The van der Waals surface area contributed by atoms with Crippen molar-refractivity contribution in [3.8, 4) is 5.75 Å². The molecule has 0 aliphatic heterocycles. The number of halogens is 1. The van der Waals surface area contributed by atoms with Gasteiger partial charge in [-0.15, -0.1) is 0 Å². The van der Waals surface area contributed by atoms with E-state index in [1.54, 1.807) is 7.11 Å². The maximum Gasteiger partial charge on any atom is 0.123 e. The molecule has 0 radical (unpaired) electrons. The van der Waals surface area contributed by atoms with Crippen molar-refractivity contribution in [3.63, 3.8) is 0 Å². The monoisotopic (exact) mass is 347 g/mol. The third-order valence-electron chi connectivity index (χ3n) is 3.51. The van der Waals surface area contributed by atoms with Gasteiger partial charge < -0.3 is 9.64 Å². The third-order valence-corrected chi connectivity index (χ3v) is 4.00. The number of hydrogen-bond donors (Lipinski definition) is 0. The van der Waals surface area contributed by atoms with Crippen LogP contribution in [0.3, 0.4) is 0 Å². The minimum Gasteiger partial charge on any atom is -0.496 e. The topological polar surface area (TPSA) is 12.5 Å². The maximum atomic E-state index is 5.49. The number of nitrogens with zero attached hydrogens (tertiary/aromatic N) is 1. The zero-order valence-electron chi connectivity index (χ0n) is 12.7. The van der Waals surface area contributed by atoms with Crippen LogP contribution in [0.4, 0.5) is 5.69 Å². The van der Waals surface area contributed by atoms with Crippen LogP contribution in [-0.4, -0.2) is 13.7 Å². The van der Waals surface area contributed by atoms with E-state index in [0.717, 1.165) is 23.3 Å². The van der Waals surface area contributed by atoms with Gasteiger partial charge >= 0.3 is 0 Å². The van der Waals surface area contributed by atoms with Gasteiger partial charge in [-0.1, -0.05) is 47.5 Å². The lowest BCUT2D eigenvalue weighted by molar-refractivity contribution is 0.409. The summed E-state index contributed by atoms with van der Waals surface area (Å²) < 4.78 is 6.58. The highest BCUT2D eigenvalue weighted by atomic mass is 79.9. The van der Waals surface area contributed by atoms with Crippen LogP contribution in [0.15, 0.2) is 53.0 Å². The van der Waals surface area contributed by atoms with Gasteiger partial charge in [0.05, 0.1) is 7.11 Å². The van der Waals surface area contributed by atoms with E-state index in [-0.39, 0.29) is 0 Å². The largest absolute Gasteiger partial charge is 0.496 e. The van der Waals surface area contributed by atoms with Crippen LogP contribution in [0.25, 0.3) is 0 Å². The van der Waals surface area contributed by atoms with E-state index in [4.69, 9.17) is 4.74 Å². The van der Waals surface area contributed by atoms with Crippen LogP contribution >= 0.6 is 15.9 Å². The molecule has 0 amide bonds. The normalized spacial score (nSPS) is 10.4. The predicted octanol–water partition coefficient (Wildman–Crippen LogP) is 5.26. The number of ether oxygens (including phenoxy) is 1. The van der Waals surface area contributed by atoms with Crippen molar-refractivity contribution in [2.24, 2.45) is 0 Å². The molecular formula is C18H22BrNO. The Kier molecular flexibility index (Phi) is 6.12. The standard InChI is InChI=1S/C18H22BrNO/c1-3-4-12-20(17-8-6-5-7-9-17)14-15-13-16(19)10-11-18(15)21-2/h5-11,13H,3-4,12,14H2,1-2H3. The van der Waals surface area contributed by atoms with Crippen LogP contribution in [-0.2, 0) is 6.54 Å². The van der Waals surface area contributed by atoms with Gasteiger partial charge in [0.1, 0.15) is 5.75 Å². The van der Waals surface area contributed by atoms with Crippen molar-refractivity contribution in [1.82, 2.24) is 0 Å². The summed E-state index contributed by atoms with van der Waals surface area (Å²) >= 11 is 3.55. The molecular weight excluding hydrogens is 326 g/mol. The fourth-order valence-electron chi connectivity index (χ4n) is 2.36. The number of rotatable bonds is 7. The van der Waals surface area contributed by atoms with E-state index in [0.29, 0.717) is 0 Å². The lowest BCUT2D eigenvalue weighted by atomic mass is 10.1. The van der Waals surface area contributed by atoms with Crippen molar-refractivity contribution in [2.45, 2.75) is 26.3 Å². The summed E-state index contributed by atoms with van der Waals surface area (Å²) in [6.07, 6.45) is 2.38. The van der Waals surface area contributed by atoms with E-state index >= 15 is 0 Å². The van der Waals surface area contributed by atoms with Crippen LogP contribution in [0, 0.1) is 0 Å². The highest BCUT2D eigenvalue weighted by Crippen LogP contribution is 2.26. The van der Waals surface area contributed by atoms with Crippen LogP contribution in [0.1, 0.15) is 25.3 Å². The summed E-state index contributed by atoms with van der Waals surface area (Å²) in [5, 5.41) is 0. The van der Waals surface area contributed by atoms with E-state index in [1.165, 1.54) is 24.1 Å². The average molecular weight is 348 g/mol. The van der Waals surface area contributed by atoms with Gasteiger partial charge in [-0.05, 0) is 36.8 Å². The molecule has 0 saturated heterocycles. The first kappa shape index (κ1) is 15.9. The molecule has 0 aliphatic rings. The summed E-state index contributed by atoms with van der Waals surface area (Å²) in [7, 11) is 1.73. The fourth-order valence-corrected chi connectivity index (χ4v) is 2.77. The third kappa shape index (κ3) is 4.50. The van der Waals surface area contributed by atoms with Crippen LogP contribution < -0.4 is 9.64 Å². The maximum absolute atomic E-state index is 5.49. The highest BCUT2D eigenvalue weighted by molar-refractivity contribution is 9.10. The summed E-state index contributed by atoms with van der Waals surface area (Å²) in [6, 6.07) is 16.7. The van der Waals surface area contributed by atoms with Crippen LogP contribution in [0.2, 0.25) is 0 Å². The Morgan fingerprint density at radius 2 is 1.86 bits per heavy atom. The molecule has 112 valence electrons. The average Bonchev–Trinajstić information content (AvgIpc) is 2.52. The first-order valence-electron chi connectivity index (χ1n) is 7.37.